The summed E-state index contributed by atoms with van der Waals surface area (Å²) in [7, 11) is 0. The minimum absolute atomic E-state index is 0.0411. The number of rotatable bonds is 5. The van der Waals surface area contributed by atoms with Crippen LogP contribution in [0.25, 0.3) is 11.1 Å². The van der Waals surface area contributed by atoms with Crippen molar-refractivity contribution in [1.82, 2.24) is 15.6 Å². The quantitative estimate of drug-likeness (QED) is 0.386. The number of nitrogens with zero attached hydrogens (tertiary/aromatic N) is 2. The molecule has 0 bridgehead atoms. The second kappa shape index (κ2) is 10.1. The minimum Gasteiger partial charge on any atom is -0.454 e. The third-order valence-electron chi connectivity index (χ3n) is 6.14. The Hall–Kier alpha value is -3.11. The fraction of sp³-hybridized carbons (Fsp3) is 0.321. The van der Waals surface area contributed by atoms with Gasteiger partial charge in [-0.2, -0.15) is 5.26 Å². The van der Waals surface area contributed by atoms with Crippen molar-refractivity contribution in [3.63, 3.8) is 0 Å². The van der Waals surface area contributed by atoms with Gasteiger partial charge in [-0.1, -0.05) is 35.3 Å². The van der Waals surface area contributed by atoms with Crippen LogP contribution in [0.4, 0.5) is 0 Å². The van der Waals surface area contributed by atoms with Crippen molar-refractivity contribution < 1.29 is 9.53 Å². The summed E-state index contributed by atoms with van der Waals surface area (Å²) in [5.41, 5.74) is 1.91. The summed E-state index contributed by atoms with van der Waals surface area (Å²) in [5.74, 6) is 0.488. The number of halogens is 2. The van der Waals surface area contributed by atoms with E-state index in [1.54, 1.807) is 48.7 Å². The van der Waals surface area contributed by atoms with E-state index in [0.29, 0.717) is 38.8 Å². The van der Waals surface area contributed by atoms with Crippen molar-refractivity contribution in [3.8, 4) is 28.7 Å². The topological polar surface area (TPSA) is 87.0 Å². The molecule has 1 aromatic heterocycles. The molecule has 6 nitrogen and oxygen atoms in total. The van der Waals surface area contributed by atoms with E-state index in [0.717, 1.165) is 12.8 Å². The van der Waals surface area contributed by atoms with Gasteiger partial charge in [-0.3, -0.25) is 9.78 Å². The van der Waals surface area contributed by atoms with E-state index in [-0.39, 0.29) is 28.0 Å². The van der Waals surface area contributed by atoms with Crippen LogP contribution in [0.15, 0.2) is 54.9 Å². The molecule has 2 aromatic carbocycles. The van der Waals surface area contributed by atoms with Crippen LogP contribution in [0.5, 0.6) is 11.5 Å². The first-order valence-electron chi connectivity index (χ1n) is 11.7. The largest absolute Gasteiger partial charge is 0.454 e. The Labute approximate surface area is 221 Å². The van der Waals surface area contributed by atoms with E-state index in [9.17, 15) is 10.1 Å². The Kier molecular flexibility index (Phi) is 7.28. The van der Waals surface area contributed by atoms with E-state index >= 15 is 0 Å². The smallest absolute Gasteiger partial charge is 0.251 e. The molecule has 1 fully saturated rings. The fourth-order valence-electron chi connectivity index (χ4n) is 5.09. The number of carbonyl (C=O) groups is 1. The van der Waals surface area contributed by atoms with Crippen molar-refractivity contribution in [2.75, 3.05) is 0 Å². The highest BCUT2D eigenvalue weighted by Crippen LogP contribution is 2.38. The molecule has 0 radical (unpaired) electrons. The van der Waals surface area contributed by atoms with Gasteiger partial charge in [0, 0.05) is 46.2 Å². The van der Waals surface area contributed by atoms with E-state index in [2.05, 4.69) is 49.4 Å². The zero-order valence-corrected chi connectivity index (χ0v) is 22.2. The van der Waals surface area contributed by atoms with Crippen LogP contribution in [0.1, 0.15) is 56.5 Å². The summed E-state index contributed by atoms with van der Waals surface area (Å²) < 4.78 is 6.02. The van der Waals surface area contributed by atoms with E-state index in [1.165, 1.54) is 6.20 Å². The van der Waals surface area contributed by atoms with Crippen molar-refractivity contribution in [3.05, 3.63) is 76.0 Å². The summed E-state index contributed by atoms with van der Waals surface area (Å²) in [5, 5.41) is 17.3. The lowest BCUT2D eigenvalue weighted by molar-refractivity contribution is 0.0873. The maximum atomic E-state index is 13.0. The Morgan fingerprint density at radius 3 is 2.42 bits per heavy atom. The van der Waals surface area contributed by atoms with Crippen molar-refractivity contribution in [2.45, 2.75) is 57.7 Å². The average molecular weight is 523 g/mol. The maximum absolute atomic E-state index is 13.0. The number of hydrogen-bond acceptors (Lipinski definition) is 5. The highest BCUT2D eigenvalue weighted by Gasteiger charge is 2.38. The molecule has 1 aliphatic heterocycles. The molecular weight excluding hydrogens is 495 g/mol. The van der Waals surface area contributed by atoms with Gasteiger partial charge >= 0.3 is 0 Å². The van der Waals surface area contributed by atoms with Gasteiger partial charge in [-0.25, -0.2) is 0 Å². The van der Waals surface area contributed by atoms with Gasteiger partial charge < -0.3 is 15.4 Å². The number of pyridine rings is 1. The molecule has 0 aliphatic carbocycles. The molecule has 0 spiro atoms. The van der Waals surface area contributed by atoms with Gasteiger partial charge in [-0.05, 0) is 70.9 Å². The van der Waals surface area contributed by atoms with Crippen LogP contribution >= 0.6 is 23.2 Å². The number of amides is 1. The molecule has 8 heteroatoms. The van der Waals surface area contributed by atoms with E-state index in [4.69, 9.17) is 27.9 Å². The highest BCUT2D eigenvalue weighted by molar-refractivity contribution is 6.33. The second-order valence-electron chi connectivity index (χ2n) is 10.4. The van der Waals surface area contributed by atoms with Crippen LogP contribution in [0.3, 0.4) is 0 Å². The van der Waals surface area contributed by atoms with E-state index < -0.39 is 0 Å². The van der Waals surface area contributed by atoms with Gasteiger partial charge in [0.05, 0.1) is 10.0 Å². The molecule has 1 amide bonds. The fourth-order valence-corrected chi connectivity index (χ4v) is 5.53. The Balaban J connectivity index is 1.54. The molecule has 186 valence electrons. The van der Waals surface area contributed by atoms with Gasteiger partial charge in [-0.15, -0.1) is 0 Å². The van der Waals surface area contributed by atoms with Crippen LogP contribution in [0.2, 0.25) is 10.0 Å². The number of nitriles is 1. The SMILES string of the molecule is CC1(C)CC(NC(=O)c2ccc(Oc3cccc(-c4ccncc4Cl)c3C#N)c(Cl)c2)CC(C)(C)N1. The number of nitrogens with one attached hydrogen (secondary N) is 2. The molecule has 0 unspecified atom stereocenters. The summed E-state index contributed by atoms with van der Waals surface area (Å²) in [6.45, 7) is 8.57. The van der Waals surface area contributed by atoms with Crippen LogP contribution in [0, 0.1) is 11.3 Å². The molecule has 1 saturated heterocycles. The van der Waals surface area contributed by atoms with Crippen molar-refractivity contribution in [2.24, 2.45) is 0 Å². The predicted molar refractivity (Wildman–Crippen MR) is 143 cm³/mol. The highest BCUT2D eigenvalue weighted by atomic mass is 35.5. The number of hydrogen-bond donors (Lipinski definition) is 2. The minimum atomic E-state index is -0.186. The second-order valence-corrected chi connectivity index (χ2v) is 11.2. The van der Waals surface area contributed by atoms with Crippen molar-refractivity contribution >= 4 is 29.1 Å². The van der Waals surface area contributed by atoms with Crippen molar-refractivity contribution in [1.29, 1.82) is 5.26 Å². The van der Waals surface area contributed by atoms with E-state index in [1.807, 2.05) is 0 Å². The normalized spacial score (nSPS) is 16.7. The lowest BCUT2D eigenvalue weighted by atomic mass is 9.79. The molecule has 0 atom stereocenters. The van der Waals surface area contributed by atoms with Gasteiger partial charge in [0.2, 0.25) is 0 Å². The summed E-state index contributed by atoms with van der Waals surface area (Å²) >= 11 is 12.8. The first-order valence-corrected chi connectivity index (χ1v) is 12.4. The summed E-state index contributed by atoms with van der Waals surface area (Å²) in [6, 6.07) is 14.1. The predicted octanol–water partition coefficient (Wildman–Crippen LogP) is 6.76. The van der Waals surface area contributed by atoms with Crippen LogP contribution in [-0.2, 0) is 0 Å². The van der Waals surface area contributed by atoms with Crippen LogP contribution < -0.4 is 15.4 Å². The zero-order valence-electron chi connectivity index (χ0n) is 20.7. The third-order valence-corrected chi connectivity index (χ3v) is 6.74. The third kappa shape index (κ3) is 5.82. The molecular formula is C28H28Cl2N4O2. The number of carbonyl (C=O) groups excluding carboxylic acids is 1. The Morgan fingerprint density at radius 1 is 1.06 bits per heavy atom. The van der Waals surface area contributed by atoms with Gasteiger partial charge in [0.15, 0.2) is 0 Å². The Morgan fingerprint density at radius 2 is 1.78 bits per heavy atom. The standard InChI is InChI=1S/C28H28Cl2N4O2/c1-27(2)13-18(14-28(3,4)34-27)33-26(35)17-8-9-25(22(29)12-17)36-24-7-5-6-19(21(24)15-31)20-10-11-32-16-23(20)30/h5-12,16,18,34H,13-14H2,1-4H3,(H,33,35). The first kappa shape index (κ1) is 26.0. The maximum Gasteiger partial charge on any atom is 0.251 e. The number of aromatic nitrogens is 1. The zero-order chi connectivity index (χ0) is 26.1. The Bertz CT molecular complexity index is 1330. The molecule has 0 saturated carbocycles. The lowest BCUT2D eigenvalue weighted by Gasteiger charge is -2.46. The summed E-state index contributed by atoms with van der Waals surface area (Å²) in [6.07, 6.45) is 4.79. The first-order chi connectivity index (χ1) is 17.0. The average Bonchev–Trinajstić information content (AvgIpc) is 2.78. The van der Waals surface area contributed by atoms with Gasteiger partial charge in [0.25, 0.3) is 5.91 Å². The number of benzene rings is 2. The molecule has 3 aromatic rings. The van der Waals surface area contributed by atoms with Gasteiger partial charge in [0.1, 0.15) is 23.1 Å². The molecule has 2 N–H and O–H groups in total. The number of piperidine rings is 1. The molecule has 1 aliphatic rings. The molecule has 2 heterocycles. The number of ether oxygens (including phenoxy) is 1. The van der Waals surface area contributed by atoms with Crippen LogP contribution in [-0.4, -0.2) is 28.0 Å². The lowest BCUT2D eigenvalue weighted by Crippen LogP contribution is -2.62. The molecule has 36 heavy (non-hydrogen) atoms. The monoisotopic (exact) mass is 522 g/mol. The summed E-state index contributed by atoms with van der Waals surface area (Å²) in [4.78, 5) is 17.0. The molecule has 4 rings (SSSR count).